The summed E-state index contributed by atoms with van der Waals surface area (Å²) in [5.41, 5.74) is 1.88. The fourth-order valence-corrected chi connectivity index (χ4v) is 2.66. The molecule has 1 aliphatic rings. The molecule has 0 saturated carbocycles. The number of hydrogen-bond acceptors (Lipinski definition) is 5. The van der Waals surface area contributed by atoms with Crippen LogP contribution in [0.25, 0.3) is 0 Å². The standard InChI is InChI=1S/C17H19ClN4O2/c1-11-14(18)5-2-6-15(11)22-16(23)12-8-19-17(20-9-12)21-10-13-4-3-7-24-13/h2,5-6,8-9,13H,3-4,7,10H2,1H3,(H,22,23)(H,19,20,21). The predicted molar refractivity (Wildman–Crippen MR) is 93.6 cm³/mol. The van der Waals surface area contributed by atoms with Gasteiger partial charge in [0, 0.05) is 36.3 Å². The zero-order valence-corrected chi connectivity index (χ0v) is 14.1. The number of aromatic nitrogens is 2. The molecule has 1 saturated heterocycles. The lowest BCUT2D eigenvalue weighted by Gasteiger charge is -2.11. The van der Waals surface area contributed by atoms with Crippen LogP contribution >= 0.6 is 11.6 Å². The number of halogens is 1. The van der Waals surface area contributed by atoms with Crippen molar-refractivity contribution in [2.24, 2.45) is 0 Å². The number of nitrogens with zero attached hydrogens (tertiary/aromatic N) is 2. The van der Waals surface area contributed by atoms with E-state index in [4.69, 9.17) is 16.3 Å². The Morgan fingerprint density at radius 2 is 2.17 bits per heavy atom. The lowest BCUT2D eigenvalue weighted by atomic mass is 10.2. The van der Waals surface area contributed by atoms with Gasteiger partial charge in [-0.1, -0.05) is 17.7 Å². The average molecular weight is 347 g/mol. The van der Waals surface area contributed by atoms with Crippen molar-refractivity contribution in [1.82, 2.24) is 9.97 Å². The molecule has 1 aliphatic heterocycles. The summed E-state index contributed by atoms with van der Waals surface area (Å²) in [5, 5.41) is 6.55. The highest BCUT2D eigenvalue weighted by molar-refractivity contribution is 6.31. The molecule has 2 N–H and O–H groups in total. The van der Waals surface area contributed by atoms with E-state index in [0.717, 1.165) is 25.0 Å². The molecule has 6 nitrogen and oxygen atoms in total. The number of ether oxygens (including phenoxy) is 1. The molecule has 0 aliphatic carbocycles. The average Bonchev–Trinajstić information content (AvgIpc) is 3.11. The molecule has 0 spiro atoms. The summed E-state index contributed by atoms with van der Waals surface area (Å²) < 4.78 is 5.53. The molecule has 7 heteroatoms. The summed E-state index contributed by atoms with van der Waals surface area (Å²) in [6, 6.07) is 5.38. The second-order valence-corrected chi connectivity index (χ2v) is 6.08. The van der Waals surface area contributed by atoms with Crippen LogP contribution in [-0.2, 0) is 4.74 Å². The van der Waals surface area contributed by atoms with Crippen LogP contribution in [0, 0.1) is 6.92 Å². The maximum absolute atomic E-state index is 12.3. The summed E-state index contributed by atoms with van der Waals surface area (Å²) in [6.07, 6.45) is 5.35. The molecule has 0 bridgehead atoms. The maximum Gasteiger partial charge on any atom is 0.258 e. The lowest BCUT2D eigenvalue weighted by molar-refractivity contribution is 0.102. The van der Waals surface area contributed by atoms with Gasteiger partial charge in [-0.05, 0) is 37.5 Å². The Morgan fingerprint density at radius 1 is 1.38 bits per heavy atom. The van der Waals surface area contributed by atoms with E-state index in [2.05, 4.69) is 20.6 Å². The van der Waals surface area contributed by atoms with Crippen LogP contribution in [0.2, 0.25) is 5.02 Å². The van der Waals surface area contributed by atoms with Gasteiger partial charge in [0.05, 0.1) is 11.7 Å². The van der Waals surface area contributed by atoms with Crippen molar-refractivity contribution in [3.8, 4) is 0 Å². The Morgan fingerprint density at radius 3 is 2.88 bits per heavy atom. The van der Waals surface area contributed by atoms with Crippen LogP contribution in [0.15, 0.2) is 30.6 Å². The van der Waals surface area contributed by atoms with Gasteiger partial charge < -0.3 is 15.4 Å². The Hall–Kier alpha value is -2.18. The van der Waals surface area contributed by atoms with Gasteiger partial charge in [0.2, 0.25) is 5.95 Å². The second-order valence-electron chi connectivity index (χ2n) is 5.68. The van der Waals surface area contributed by atoms with Crippen molar-refractivity contribution in [2.75, 3.05) is 23.8 Å². The van der Waals surface area contributed by atoms with Crippen molar-refractivity contribution < 1.29 is 9.53 Å². The van der Waals surface area contributed by atoms with Crippen LogP contribution in [-0.4, -0.2) is 35.1 Å². The van der Waals surface area contributed by atoms with E-state index in [-0.39, 0.29) is 12.0 Å². The fourth-order valence-electron chi connectivity index (χ4n) is 2.48. The number of carbonyl (C=O) groups is 1. The van der Waals surface area contributed by atoms with Gasteiger partial charge in [0.15, 0.2) is 0 Å². The zero-order chi connectivity index (χ0) is 16.9. The highest BCUT2D eigenvalue weighted by atomic mass is 35.5. The Labute approximate surface area is 145 Å². The van der Waals surface area contributed by atoms with Crippen molar-refractivity contribution in [3.05, 3.63) is 46.7 Å². The van der Waals surface area contributed by atoms with E-state index >= 15 is 0 Å². The van der Waals surface area contributed by atoms with Gasteiger partial charge in [-0.2, -0.15) is 0 Å². The lowest BCUT2D eigenvalue weighted by Crippen LogP contribution is -2.20. The molecule has 1 atom stereocenters. The molecular weight excluding hydrogens is 328 g/mol. The van der Waals surface area contributed by atoms with Gasteiger partial charge in [-0.15, -0.1) is 0 Å². The first-order chi connectivity index (χ1) is 11.6. The van der Waals surface area contributed by atoms with Gasteiger partial charge >= 0.3 is 0 Å². The van der Waals surface area contributed by atoms with Crippen LogP contribution in [0.3, 0.4) is 0 Å². The smallest absolute Gasteiger partial charge is 0.258 e. The molecular formula is C17H19ClN4O2. The SMILES string of the molecule is Cc1c(Cl)cccc1NC(=O)c1cnc(NCC2CCCO2)nc1. The Bertz CT molecular complexity index is 715. The molecule has 1 fully saturated rings. The zero-order valence-electron chi connectivity index (χ0n) is 13.4. The van der Waals surface area contributed by atoms with Crippen LogP contribution in [0.1, 0.15) is 28.8 Å². The highest BCUT2D eigenvalue weighted by Crippen LogP contribution is 2.23. The number of hydrogen-bond donors (Lipinski definition) is 2. The third-order valence-corrected chi connectivity index (χ3v) is 4.35. The molecule has 1 aromatic heterocycles. The summed E-state index contributed by atoms with van der Waals surface area (Å²) >= 11 is 6.06. The van der Waals surface area contributed by atoms with Crippen molar-refractivity contribution in [3.63, 3.8) is 0 Å². The minimum atomic E-state index is -0.272. The van der Waals surface area contributed by atoms with Crippen molar-refractivity contribution >= 4 is 29.1 Å². The van der Waals surface area contributed by atoms with Crippen LogP contribution in [0.5, 0.6) is 0 Å². The number of carbonyl (C=O) groups excluding carboxylic acids is 1. The molecule has 2 heterocycles. The third-order valence-electron chi connectivity index (χ3n) is 3.94. The molecule has 2 aromatic rings. The largest absolute Gasteiger partial charge is 0.376 e. The molecule has 0 radical (unpaired) electrons. The number of benzene rings is 1. The fraction of sp³-hybridized carbons (Fsp3) is 0.353. The number of nitrogens with one attached hydrogen (secondary N) is 2. The van der Waals surface area contributed by atoms with Crippen molar-refractivity contribution in [2.45, 2.75) is 25.9 Å². The second kappa shape index (κ2) is 7.59. The Kier molecular flexibility index (Phi) is 5.27. The summed E-state index contributed by atoms with van der Waals surface area (Å²) in [7, 11) is 0. The minimum absolute atomic E-state index is 0.211. The predicted octanol–water partition coefficient (Wildman–Crippen LogP) is 3.28. The molecule has 1 amide bonds. The van der Waals surface area contributed by atoms with Gasteiger partial charge in [-0.3, -0.25) is 4.79 Å². The van der Waals surface area contributed by atoms with Gasteiger partial charge in [0.1, 0.15) is 0 Å². The van der Waals surface area contributed by atoms with E-state index in [0.29, 0.717) is 28.8 Å². The summed E-state index contributed by atoms with van der Waals surface area (Å²) in [4.78, 5) is 20.6. The quantitative estimate of drug-likeness (QED) is 0.868. The van der Waals surface area contributed by atoms with E-state index in [9.17, 15) is 4.79 Å². The molecule has 3 rings (SSSR count). The Balaban J connectivity index is 1.60. The topological polar surface area (TPSA) is 76.1 Å². The number of amides is 1. The van der Waals surface area contributed by atoms with E-state index in [1.54, 1.807) is 18.2 Å². The van der Waals surface area contributed by atoms with E-state index in [1.807, 2.05) is 6.92 Å². The van der Waals surface area contributed by atoms with Crippen LogP contribution < -0.4 is 10.6 Å². The maximum atomic E-state index is 12.3. The van der Waals surface area contributed by atoms with Gasteiger partial charge in [0.25, 0.3) is 5.91 Å². The summed E-state index contributed by atoms with van der Waals surface area (Å²) in [5.74, 6) is 0.215. The monoisotopic (exact) mass is 346 g/mol. The van der Waals surface area contributed by atoms with E-state index < -0.39 is 0 Å². The van der Waals surface area contributed by atoms with Crippen molar-refractivity contribution in [1.29, 1.82) is 0 Å². The minimum Gasteiger partial charge on any atom is -0.376 e. The van der Waals surface area contributed by atoms with Gasteiger partial charge in [-0.25, -0.2) is 9.97 Å². The third kappa shape index (κ3) is 4.01. The first-order valence-electron chi connectivity index (χ1n) is 7.87. The summed E-state index contributed by atoms with van der Waals surface area (Å²) in [6.45, 7) is 3.34. The molecule has 24 heavy (non-hydrogen) atoms. The molecule has 1 unspecified atom stereocenters. The number of rotatable bonds is 5. The van der Waals surface area contributed by atoms with E-state index in [1.165, 1.54) is 12.4 Å². The van der Waals surface area contributed by atoms with Crippen LogP contribution in [0.4, 0.5) is 11.6 Å². The highest BCUT2D eigenvalue weighted by Gasteiger charge is 2.15. The first kappa shape index (κ1) is 16.7. The first-order valence-corrected chi connectivity index (χ1v) is 8.25. The molecule has 126 valence electrons. The normalized spacial score (nSPS) is 16.8. The number of anilines is 2. The molecule has 1 aromatic carbocycles.